The second-order valence-corrected chi connectivity index (χ2v) is 4.39. The quantitative estimate of drug-likeness (QED) is 0.769. The van der Waals surface area contributed by atoms with Crippen LogP contribution in [0, 0.1) is 0 Å². The summed E-state index contributed by atoms with van der Waals surface area (Å²) in [5.74, 6) is 1.01. The molecular formula is C14H25N3O. The third-order valence-electron chi connectivity index (χ3n) is 3.26. The first-order valence-corrected chi connectivity index (χ1v) is 6.67. The van der Waals surface area contributed by atoms with Gasteiger partial charge in [0.1, 0.15) is 5.82 Å². The minimum atomic E-state index is 0.511. The molecule has 0 radical (unpaired) electrons. The van der Waals surface area contributed by atoms with Gasteiger partial charge in [0.2, 0.25) is 0 Å². The van der Waals surface area contributed by atoms with Crippen molar-refractivity contribution in [3.8, 4) is 0 Å². The van der Waals surface area contributed by atoms with Gasteiger partial charge in [-0.25, -0.2) is 4.98 Å². The second-order valence-electron chi connectivity index (χ2n) is 4.39. The molecule has 0 atom stereocenters. The Morgan fingerprint density at radius 1 is 1.33 bits per heavy atom. The molecule has 1 aromatic rings. The largest absolute Gasteiger partial charge is 0.383 e. The van der Waals surface area contributed by atoms with Crippen molar-refractivity contribution >= 4 is 5.82 Å². The molecule has 0 spiro atoms. The molecule has 1 rings (SSSR count). The van der Waals surface area contributed by atoms with E-state index in [0.717, 1.165) is 37.4 Å². The summed E-state index contributed by atoms with van der Waals surface area (Å²) in [5.41, 5.74) is 6.66. The zero-order valence-corrected chi connectivity index (χ0v) is 11.7. The van der Waals surface area contributed by atoms with E-state index < -0.39 is 0 Å². The molecule has 4 heteroatoms. The molecule has 0 aliphatic heterocycles. The predicted octanol–water partition coefficient (Wildman–Crippen LogP) is 2.18. The summed E-state index contributed by atoms with van der Waals surface area (Å²) in [6.45, 7) is 6.55. The number of pyridine rings is 1. The van der Waals surface area contributed by atoms with Crippen LogP contribution >= 0.6 is 0 Å². The van der Waals surface area contributed by atoms with Gasteiger partial charge in [-0.05, 0) is 24.5 Å². The summed E-state index contributed by atoms with van der Waals surface area (Å²) >= 11 is 0. The van der Waals surface area contributed by atoms with Crippen LogP contribution in [-0.2, 0) is 11.3 Å². The van der Waals surface area contributed by atoms with Crippen LogP contribution in [0.25, 0.3) is 0 Å². The van der Waals surface area contributed by atoms with Gasteiger partial charge in [-0.3, -0.25) is 0 Å². The van der Waals surface area contributed by atoms with Crippen molar-refractivity contribution in [2.75, 3.05) is 25.2 Å². The Hall–Kier alpha value is -1.13. The number of ether oxygens (including phenoxy) is 1. The van der Waals surface area contributed by atoms with Crippen molar-refractivity contribution in [1.82, 2.24) is 4.98 Å². The van der Waals surface area contributed by atoms with Crippen LogP contribution in [0.15, 0.2) is 18.3 Å². The molecule has 102 valence electrons. The van der Waals surface area contributed by atoms with Gasteiger partial charge in [-0.15, -0.1) is 0 Å². The summed E-state index contributed by atoms with van der Waals surface area (Å²) < 4.78 is 5.19. The molecule has 0 aliphatic rings. The lowest BCUT2D eigenvalue weighted by Crippen LogP contribution is -2.37. The van der Waals surface area contributed by atoms with Crippen LogP contribution < -0.4 is 10.6 Å². The molecule has 0 fully saturated rings. The van der Waals surface area contributed by atoms with Crippen molar-refractivity contribution in [3.05, 3.63) is 23.9 Å². The van der Waals surface area contributed by atoms with E-state index in [4.69, 9.17) is 10.5 Å². The number of anilines is 1. The smallest absolute Gasteiger partial charge is 0.128 e. The van der Waals surface area contributed by atoms with Crippen LogP contribution in [0.1, 0.15) is 32.3 Å². The number of aromatic nitrogens is 1. The highest BCUT2D eigenvalue weighted by Gasteiger charge is 2.16. The number of nitrogens with zero attached hydrogens (tertiary/aromatic N) is 2. The van der Waals surface area contributed by atoms with Crippen LogP contribution in [-0.4, -0.2) is 31.3 Å². The molecule has 2 N–H and O–H groups in total. The van der Waals surface area contributed by atoms with Crippen molar-refractivity contribution in [3.63, 3.8) is 0 Å². The maximum absolute atomic E-state index is 5.59. The molecule has 18 heavy (non-hydrogen) atoms. The monoisotopic (exact) mass is 251 g/mol. The predicted molar refractivity (Wildman–Crippen MR) is 75.7 cm³/mol. The molecule has 0 unspecified atom stereocenters. The lowest BCUT2D eigenvalue weighted by molar-refractivity contribution is 0.202. The van der Waals surface area contributed by atoms with Crippen LogP contribution in [0.3, 0.4) is 0 Å². The topological polar surface area (TPSA) is 51.4 Å². The van der Waals surface area contributed by atoms with E-state index >= 15 is 0 Å². The first kappa shape index (κ1) is 14.9. The summed E-state index contributed by atoms with van der Waals surface area (Å²) in [5, 5.41) is 0. The van der Waals surface area contributed by atoms with E-state index in [-0.39, 0.29) is 0 Å². The van der Waals surface area contributed by atoms with Crippen molar-refractivity contribution in [2.24, 2.45) is 5.73 Å². The van der Waals surface area contributed by atoms with Gasteiger partial charge in [-0.2, -0.15) is 0 Å². The minimum absolute atomic E-state index is 0.511. The molecule has 0 saturated heterocycles. The van der Waals surface area contributed by atoms with Crippen LogP contribution in [0.4, 0.5) is 5.82 Å². The third-order valence-corrected chi connectivity index (χ3v) is 3.26. The number of hydrogen-bond acceptors (Lipinski definition) is 4. The number of nitrogens with two attached hydrogens (primary N) is 1. The Kier molecular flexibility index (Phi) is 6.68. The average Bonchev–Trinajstić information content (AvgIpc) is 2.43. The molecule has 0 amide bonds. The Balaban J connectivity index is 2.85. The van der Waals surface area contributed by atoms with Gasteiger partial charge in [0.25, 0.3) is 0 Å². The fraction of sp³-hybridized carbons (Fsp3) is 0.643. The van der Waals surface area contributed by atoms with Gasteiger partial charge in [0.05, 0.1) is 6.61 Å². The van der Waals surface area contributed by atoms with Crippen molar-refractivity contribution in [2.45, 2.75) is 39.3 Å². The second kappa shape index (κ2) is 8.06. The maximum Gasteiger partial charge on any atom is 0.128 e. The zero-order valence-electron chi connectivity index (χ0n) is 11.7. The number of rotatable bonds is 8. The first-order chi connectivity index (χ1) is 8.76. The molecular weight excluding hydrogens is 226 g/mol. The molecule has 1 aromatic heterocycles. The maximum atomic E-state index is 5.59. The Morgan fingerprint density at radius 3 is 2.50 bits per heavy atom. The van der Waals surface area contributed by atoms with Crippen molar-refractivity contribution in [1.29, 1.82) is 0 Å². The highest BCUT2D eigenvalue weighted by Crippen LogP contribution is 2.18. The summed E-state index contributed by atoms with van der Waals surface area (Å²) in [4.78, 5) is 6.83. The van der Waals surface area contributed by atoms with Gasteiger partial charge in [-0.1, -0.05) is 19.9 Å². The molecule has 0 saturated carbocycles. The summed E-state index contributed by atoms with van der Waals surface area (Å²) in [6, 6.07) is 4.61. The van der Waals surface area contributed by atoms with Crippen LogP contribution in [0.5, 0.6) is 0 Å². The van der Waals surface area contributed by atoms with E-state index in [0.29, 0.717) is 12.6 Å². The van der Waals surface area contributed by atoms with E-state index in [1.54, 1.807) is 7.11 Å². The highest BCUT2D eigenvalue weighted by molar-refractivity contribution is 5.40. The average molecular weight is 251 g/mol. The van der Waals surface area contributed by atoms with Gasteiger partial charge < -0.3 is 15.4 Å². The first-order valence-electron chi connectivity index (χ1n) is 6.67. The SMILES string of the molecule is CCC(CC)N(CCOC)c1ccc(CN)cn1. The van der Waals surface area contributed by atoms with E-state index in [1.807, 2.05) is 12.3 Å². The third kappa shape index (κ3) is 3.96. The van der Waals surface area contributed by atoms with E-state index in [2.05, 4.69) is 29.8 Å². The molecule has 0 aliphatic carbocycles. The Bertz CT molecular complexity index is 322. The lowest BCUT2D eigenvalue weighted by atomic mass is 10.1. The van der Waals surface area contributed by atoms with E-state index in [1.165, 1.54) is 0 Å². The van der Waals surface area contributed by atoms with Gasteiger partial charge in [0.15, 0.2) is 0 Å². The van der Waals surface area contributed by atoms with Gasteiger partial charge in [0, 0.05) is 32.4 Å². The number of methoxy groups -OCH3 is 1. The van der Waals surface area contributed by atoms with Crippen LogP contribution in [0.2, 0.25) is 0 Å². The normalized spacial score (nSPS) is 10.9. The molecule has 0 bridgehead atoms. The fourth-order valence-electron chi connectivity index (χ4n) is 2.11. The molecule has 4 nitrogen and oxygen atoms in total. The highest BCUT2D eigenvalue weighted by atomic mass is 16.5. The van der Waals surface area contributed by atoms with Gasteiger partial charge >= 0.3 is 0 Å². The lowest BCUT2D eigenvalue weighted by Gasteiger charge is -2.31. The van der Waals surface area contributed by atoms with Crippen molar-refractivity contribution < 1.29 is 4.74 Å². The molecule has 1 heterocycles. The standard InChI is InChI=1S/C14H25N3O/c1-4-13(5-2)17(8-9-18-3)14-7-6-12(10-15)11-16-14/h6-7,11,13H,4-5,8-10,15H2,1-3H3. The minimum Gasteiger partial charge on any atom is -0.383 e. The zero-order chi connectivity index (χ0) is 13.4. The Morgan fingerprint density at radius 2 is 2.06 bits per heavy atom. The summed E-state index contributed by atoms with van der Waals surface area (Å²) in [6.07, 6.45) is 4.08. The Labute approximate surface area is 110 Å². The summed E-state index contributed by atoms with van der Waals surface area (Å²) in [7, 11) is 1.73. The fourth-order valence-corrected chi connectivity index (χ4v) is 2.11. The molecule has 0 aromatic carbocycles. The van der Waals surface area contributed by atoms with E-state index in [9.17, 15) is 0 Å². The number of hydrogen-bond donors (Lipinski definition) is 1.